The van der Waals surface area contributed by atoms with E-state index < -0.39 is 0 Å². The Balaban J connectivity index is 3.74. The molecular weight excluding hydrogens is 208 g/mol. The van der Waals surface area contributed by atoms with Crippen LogP contribution in [-0.2, 0) is 9.47 Å². The van der Waals surface area contributed by atoms with Crippen molar-refractivity contribution >= 4 is 5.84 Å². The van der Waals surface area contributed by atoms with E-state index in [4.69, 9.17) is 20.4 Å². The fraction of sp³-hybridized carbons (Fsp3) is 0.909. The summed E-state index contributed by atoms with van der Waals surface area (Å²) in [5.41, 5.74) is 5.29. The molecule has 0 bridgehead atoms. The van der Waals surface area contributed by atoms with Crippen molar-refractivity contribution in [2.45, 2.75) is 39.7 Å². The number of hydrogen-bond donors (Lipinski definition) is 2. The van der Waals surface area contributed by atoms with Crippen LogP contribution in [0.15, 0.2) is 5.16 Å². The third kappa shape index (κ3) is 5.92. The Morgan fingerprint density at radius 1 is 1.50 bits per heavy atom. The number of amidine groups is 1. The molecule has 1 atom stereocenters. The molecule has 1 unspecified atom stereocenters. The highest BCUT2D eigenvalue weighted by Gasteiger charge is 2.22. The van der Waals surface area contributed by atoms with Crippen molar-refractivity contribution in [1.82, 2.24) is 0 Å². The first-order valence-corrected chi connectivity index (χ1v) is 5.52. The fourth-order valence-electron chi connectivity index (χ4n) is 1.34. The summed E-state index contributed by atoms with van der Waals surface area (Å²) in [4.78, 5) is 0. The maximum absolute atomic E-state index is 8.60. The Morgan fingerprint density at radius 3 is 2.62 bits per heavy atom. The highest BCUT2D eigenvalue weighted by atomic mass is 16.5. The lowest BCUT2D eigenvalue weighted by Gasteiger charge is -2.23. The molecule has 0 amide bonds. The number of rotatable bonds is 8. The third-order valence-electron chi connectivity index (χ3n) is 2.55. The molecule has 0 aromatic carbocycles. The van der Waals surface area contributed by atoms with Gasteiger partial charge in [-0.3, -0.25) is 0 Å². The van der Waals surface area contributed by atoms with Crippen LogP contribution in [0.4, 0.5) is 0 Å². The minimum atomic E-state index is -0.289. The largest absolute Gasteiger partial charge is 0.409 e. The number of nitrogens with two attached hydrogens (primary N) is 1. The van der Waals surface area contributed by atoms with Crippen molar-refractivity contribution in [2.24, 2.45) is 16.3 Å². The summed E-state index contributed by atoms with van der Waals surface area (Å²) in [7, 11) is 1.65. The second-order valence-electron chi connectivity index (χ2n) is 4.61. The molecule has 0 aromatic rings. The molecule has 0 aliphatic rings. The quantitative estimate of drug-likeness (QED) is 0.219. The number of nitrogens with zero attached hydrogens (tertiary/aromatic N) is 1. The maximum Gasteiger partial charge on any atom is 0.144 e. The summed E-state index contributed by atoms with van der Waals surface area (Å²) in [6.07, 6.45) is 1.80. The normalized spacial score (nSPS) is 15.1. The molecule has 0 aliphatic carbocycles. The number of ether oxygens (including phenoxy) is 2. The molecule has 5 heteroatoms. The maximum atomic E-state index is 8.60. The summed E-state index contributed by atoms with van der Waals surface area (Å²) < 4.78 is 10.5. The van der Waals surface area contributed by atoms with Gasteiger partial charge >= 0.3 is 0 Å². The van der Waals surface area contributed by atoms with E-state index in [1.165, 1.54) is 0 Å². The lowest BCUT2D eigenvalue weighted by atomic mass is 9.87. The molecule has 0 heterocycles. The van der Waals surface area contributed by atoms with Gasteiger partial charge in [0.2, 0.25) is 0 Å². The molecule has 0 rings (SSSR count). The average Bonchev–Trinajstić information content (AvgIpc) is 2.23. The Labute approximate surface area is 97.6 Å². The van der Waals surface area contributed by atoms with Crippen LogP contribution in [0.3, 0.4) is 0 Å². The summed E-state index contributed by atoms with van der Waals surface area (Å²) in [5, 5.41) is 11.6. The molecule has 0 spiro atoms. The molecule has 0 aliphatic heterocycles. The van der Waals surface area contributed by atoms with E-state index in [0.717, 1.165) is 12.8 Å². The number of hydrogen-bond acceptors (Lipinski definition) is 4. The van der Waals surface area contributed by atoms with Gasteiger partial charge in [-0.05, 0) is 19.8 Å². The Bertz CT molecular complexity index is 217. The van der Waals surface area contributed by atoms with E-state index in [1.54, 1.807) is 7.11 Å². The van der Waals surface area contributed by atoms with Crippen LogP contribution in [0, 0.1) is 5.41 Å². The van der Waals surface area contributed by atoms with Crippen LogP contribution in [-0.4, -0.2) is 37.5 Å². The predicted molar refractivity (Wildman–Crippen MR) is 63.7 cm³/mol. The van der Waals surface area contributed by atoms with Crippen LogP contribution in [0.25, 0.3) is 0 Å². The van der Waals surface area contributed by atoms with Crippen LogP contribution >= 0.6 is 0 Å². The van der Waals surface area contributed by atoms with Gasteiger partial charge in [0.1, 0.15) is 5.84 Å². The molecule has 3 N–H and O–H groups in total. The molecule has 0 radical (unpaired) electrons. The van der Waals surface area contributed by atoms with Gasteiger partial charge in [0.15, 0.2) is 0 Å². The van der Waals surface area contributed by atoms with Crippen LogP contribution in [0.5, 0.6) is 0 Å². The van der Waals surface area contributed by atoms with Gasteiger partial charge in [0.05, 0.1) is 12.7 Å². The standard InChI is InChI=1S/C11H24N2O3/c1-9(8-15-4)16-7-5-6-11(2,3)10(12)13-14/h9,14H,5-8H2,1-4H3,(H2,12,13). The topological polar surface area (TPSA) is 77.1 Å². The highest BCUT2D eigenvalue weighted by Crippen LogP contribution is 2.22. The first-order valence-electron chi connectivity index (χ1n) is 5.52. The second kappa shape index (κ2) is 7.46. The zero-order chi connectivity index (χ0) is 12.6. The van der Waals surface area contributed by atoms with E-state index in [2.05, 4.69) is 5.16 Å². The third-order valence-corrected chi connectivity index (χ3v) is 2.55. The zero-order valence-corrected chi connectivity index (χ0v) is 10.7. The fourth-order valence-corrected chi connectivity index (χ4v) is 1.34. The van der Waals surface area contributed by atoms with E-state index in [9.17, 15) is 0 Å². The van der Waals surface area contributed by atoms with E-state index in [1.807, 2.05) is 20.8 Å². The van der Waals surface area contributed by atoms with Crippen LogP contribution in [0.1, 0.15) is 33.6 Å². The molecule has 16 heavy (non-hydrogen) atoms. The second-order valence-corrected chi connectivity index (χ2v) is 4.61. The summed E-state index contributed by atoms with van der Waals surface area (Å²) >= 11 is 0. The molecular formula is C11H24N2O3. The average molecular weight is 232 g/mol. The van der Waals surface area contributed by atoms with Crippen molar-refractivity contribution in [3.05, 3.63) is 0 Å². The first-order chi connectivity index (χ1) is 7.44. The van der Waals surface area contributed by atoms with Gasteiger partial charge in [-0.1, -0.05) is 19.0 Å². The van der Waals surface area contributed by atoms with Gasteiger partial charge in [0.25, 0.3) is 0 Å². The number of oxime groups is 1. The predicted octanol–water partition coefficient (Wildman–Crippen LogP) is 1.59. The molecule has 0 aromatic heterocycles. The summed E-state index contributed by atoms with van der Waals surface area (Å²) in [6.45, 7) is 7.12. The zero-order valence-electron chi connectivity index (χ0n) is 10.7. The van der Waals surface area contributed by atoms with Gasteiger partial charge in [-0.2, -0.15) is 0 Å². The Kier molecular flexibility index (Phi) is 7.08. The number of methoxy groups -OCH3 is 1. The summed E-state index contributed by atoms with van der Waals surface area (Å²) in [6, 6.07) is 0. The molecule has 96 valence electrons. The van der Waals surface area contributed by atoms with E-state index >= 15 is 0 Å². The van der Waals surface area contributed by atoms with Crippen molar-refractivity contribution in [1.29, 1.82) is 0 Å². The van der Waals surface area contributed by atoms with Crippen molar-refractivity contribution in [3.8, 4) is 0 Å². The van der Waals surface area contributed by atoms with Gasteiger partial charge in [0, 0.05) is 19.1 Å². The minimum absolute atomic E-state index is 0.108. The molecule has 0 fully saturated rings. The molecule has 5 nitrogen and oxygen atoms in total. The van der Waals surface area contributed by atoms with Crippen molar-refractivity contribution in [3.63, 3.8) is 0 Å². The lowest BCUT2D eigenvalue weighted by molar-refractivity contribution is 0.00630. The SMILES string of the molecule is COCC(C)OCCCC(C)(C)C(N)=NO. The van der Waals surface area contributed by atoms with E-state index in [0.29, 0.717) is 13.2 Å². The van der Waals surface area contributed by atoms with Gasteiger partial charge < -0.3 is 20.4 Å². The molecule has 0 saturated carbocycles. The highest BCUT2D eigenvalue weighted by molar-refractivity contribution is 5.85. The monoisotopic (exact) mass is 232 g/mol. The van der Waals surface area contributed by atoms with Crippen molar-refractivity contribution < 1.29 is 14.7 Å². The van der Waals surface area contributed by atoms with Gasteiger partial charge in [-0.15, -0.1) is 0 Å². The van der Waals surface area contributed by atoms with Crippen LogP contribution < -0.4 is 5.73 Å². The van der Waals surface area contributed by atoms with Crippen molar-refractivity contribution in [2.75, 3.05) is 20.3 Å². The Hall–Kier alpha value is -0.810. The minimum Gasteiger partial charge on any atom is -0.409 e. The van der Waals surface area contributed by atoms with Crippen LogP contribution in [0.2, 0.25) is 0 Å². The molecule has 0 saturated heterocycles. The summed E-state index contributed by atoms with van der Waals surface area (Å²) in [5.74, 6) is 0.262. The first kappa shape index (κ1) is 15.2. The smallest absolute Gasteiger partial charge is 0.144 e. The van der Waals surface area contributed by atoms with E-state index in [-0.39, 0.29) is 17.4 Å². The van der Waals surface area contributed by atoms with Gasteiger partial charge in [-0.25, -0.2) is 0 Å². The Morgan fingerprint density at radius 2 is 2.12 bits per heavy atom. The lowest BCUT2D eigenvalue weighted by Crippen LogP contribution is -2.32.